The number of hydrogen-bond donors (Lipinski definition) is 1. The minimum Gasteiger partial charge on any atom is -0.444 e. The molecule has 1 saturated heterocycles. The molecule has 1 aliphatic rings. The van der Waals surface area contributed by atoms with E-state index in [4.69, 9.17) is 10.5 Å². The van der Waals surface area contributed by atoms with Crippen LogP contribution < -0.4 is 10.6 Å². The van der Waals surface area contributed by atoms with Crippen molar-refractivity contribution in [2.45, 2.75) is 51.9 Å². The first kappa shape index (κ1) is 25.2. The van der Waals surface area contributed by atoms with E-state index in [1.54, 1.807) is 30.6 Å². The number of piperazine rings is 1. The molecule has 0 unspecified atom stereocenters. The average Bonchev–Trinajstić information content (AvgIpc) is 2.76. The number of nitrogen functional groups attached to an aromatic ring is 1. The summed E-state index contributed by atoms with van der Waals surface area (Å²) in [6, 6.07) is 1.49. The van der Waals surface area contributed by atoms with Crippen LogP contribution >= 0.6 is 0 Å². The molecule has 1 fully saturated rings. The van der Waals surface area contributed by atoms with Gasteiger partial charge in [-0.25, -0.2) is 19.7 Å². The van der Waals surface area contributed by atoms with Gasteiger partial charge >= 0.3 is 12.3 Å². The number of pyridine rings is 1. The molecule has 1 atom stereocenters. The summed E-state index contributed by atoms with van der Waals surface area (Å²) in [4.78, 5) is 39.4. The molecule has 0 aromatic carbocycles. The van der Waals surface area contributed by atoms with Gasteiger partial charge in [0, 0.05) is 25.7 Å². The third kappa shape index (κ3) is 5.54. The molecule has 184 valence electrons. The van der Waals surface area contributed by atoms with Crippen LogP contribution in [-0.4, -0.2) is 63.5 Å². The van der Waals surface area contributed by atoms with Gasteiger partial charge in [0.15, 0.2) is 6.29 Å². The zero-order chi connectivity index (χ0) is 25.3. The predicted octanol–water partition coefficient (Wildman–Crippen LogP) is 3.79. The Hall–Kier alpha value is -3.44. The highest BCUT2D eigenvalue weighted by Crippen LogP contribution is 2.35. The molecule has 2 aromatic heterocycles. The van der Waals surface area contributed by atoms with Crippen molar-refractivity contribution in [3.8, 4) is 11.4 Å². The zero-order valence-corrected chi connectivity index (χ0v) is 19.4. The molecule has 9 nitrogen and oxygen atoms in total. The van der Waals surface area contributed by atoms with Crippen LogP contribution in [0.5, 0.6) is 0 Å². The van der Waals surface area contributed by atoms with Crippen LogP contribution in [0.2, 0.25) is 0 Å². The van der Waals surface area contributed by atoms with Gasteiger partial charge in [-0.1, -0.05) is 6.92 Å². The van der Waals surface area contributed by atoms with Crippen molar-refractivity contribution in [2.75, 3.05) is 30.3 Å². The molecule has 0 spiro atoms. The number of alkyl halides is 3. The van der Waals surface area contributed by atoms with E-state index >= 15 is 0 Å². The smallest absolute Gasteiger partial charge is 0.416 e. The molecule has 12 heteroatoms. The highest BCUT2D eigenvalue weighted by atomic mass is 19.4. The van der Waals surface area contributed by atoms with E-state index in [0.717, 1.165) is 18.5 Å². The van der Waals surface area contributed by atoms with E-state index in [1.165, 1.54) is 0 Å². The number of carbonyl (C=O) groups excluding carboxylic acids is 2. The number of amides is 1. The topological polar surface area (TPSA) is 115 Å². The first-order chi connectivity index (χ1) is 15.8. The number of nitrogens with zero attached hydrogens (tertiary/aromatic N) is 5. The Morgan fingerprint density at radius 3 is 2.53 bits per heavy atom. The molecule has 2 N–H and O–H groups in total. The van der Waals surface area contributed by atoms with Crippen molar-refractivity contribution in [2.24, 2.45) is 0 Å². The summed E-state index contributed by atoms with van der Waals surface area (Å²) < 4.78 is 46.7. The number of halogens is 3. The maximum absolute atomic E-state index is 13.8. The number of ether oxygens (including phenoxy) is 1. The monoisotopic (exact) mass is 480 g/mol. The second kappa shape index (κ2) is 9.43. The number of hydrogen-bond acceptors (Lipinski definition) is 8. The number of aldehydes is 1. The lowest BCUT2D eigenvalue weighted by molar-refractivity contribution is -0.137. The van der Waals surface area contributed by atoms with Crippen LogP contribution in [-0.2, 0) is 10.9 Å². The van der Waals surface area contributed by atoms with Gasteiger partial charge in [0.2, 0.25) is 0 Å². The Balaban J connectivity index is 2.01. The van der Waals surface area contributed by atoms with Crippen LogP contribution in [0, 0.1) is 0 Å². The number of aromatic nitrogens is 3. The van der Waals surface area contributed by atoms with Gasteiger partial charge in [0.05, 0.1) is 16.8 Å². The molecule has 3 heterocycles. The molecule has 0 radical (unpaired) electrons. The Morgan fingerprint density at radius 2 is 1.94 bits per heavy atom. The van der Waals surface area contributed by atoms with E-state index in [-0.39, 0.29) is 54.3 Å². The number of rotatable bonds is 4. The molecule has 2 aromatic rings. The third-order valence-electron chi connectivity index (χ3n) is 5.31. The van der Waals surface area contributed by atoms with Crippen molar-refractivity contribution in [3.63, 3.8) is 0 Å². The highest BCUT2D eigenvalue weighted by molar-refractivity contribution is 5.90. The second-order valence-corrected chi connectivity index (χ2v) is 8.92. The van der Waals surface area contributed by atoms with E-state index in [2.05, 4.69) is 15.0 Å². The van der Waals surface area contributed by atoms with Crippen LogP contribution in [0.3, 0.4) is 0 Å². The maximum atomic E-state index is 13.8. The number of anilines is 2. The Kier molecular flexibility index (Phi) is 6.99. The van der Waals surface area contributed by atoms with Gasteiger partial charge < -0.3 is 20.3 Å². The van der Waals surface area contributed by atoms with Gasteiger partial charge in [0.1, 0.15) is 29.3 Å². The first-order valence-corrected chi connectivity index (χ1v) is 10.7. The van der Waals surface area contributed by atoms with Crippen LogP contribution in [0.1, 0.15) is 50.0 Å². The fraction of sp³-hybridized carbons (Fsp3) is 0.500. The Morgan fingerprint density at radius 1 is 1.24 bits per heavy atom. The normalized spacial score (nSPS) is 17.0. The van der Waals surface area contributed by atoms with E-state index < -0.39 is 23.4 Å². The van der Waals surface area contributed by atoms with Gasteiger partial charge in [0.25, 0.3) is 0 Å². The van der Waals surface area contributed by atoms with Crippen molar-refractivity contribution in [1.29, 1.82) is 0 Å². The van der Waals surface area contributed by atoms with Gasteiger partial charge in [-0.05, 0) is 39.3 Å². The van der Waals surface area contributed by atoms with Crippen molar-refractivity contribution >= 4 is 24.0 Å². The fourth-order valence-corrected chi connectivity index (χ4v) is 3.68. The standard InChI is InChI=1S/C22H27F3N6O3/c1-5-14-10-30(20(33)34-21(2,3)4)6-7-31(14)17-9-13(22(23,24)25)8-16(29-17)18-15(11-32)19(26)28-12-27-18/h8-9,11-12,14H,5-7,10H2,1-4H3,(H2,26,27,28)/t14-/m1/s1. The SMILES string of the molecule is CC[C@@H]1CN(C(=O)OC(C)(C)C)CCN1c1cc(C(F)(F)F)cc(-c2ncnc(N)c2C=O)n1. The summed E-state index contributed by atoms with van der Waals surface area (Å²) in [6.07, 6.45) is -3.14. The van der Waals surface area contributed by atoms with Crippen LogP contribution in [0.4, 0.5) is 29.6 Å². The highest BCUT2D eigenvalue weighted by Gasteiger charge is 2.36. The van der Waals surface area contributed by atoms with Gasteiger partial charge in [-0.3, -0.25) is 4.79 Å². The molecule has 0 saturated carbocycles. The molecule has 0 aliphatic carbocycles. The number of nitrogens with two attached hydrogens (primary N) is 1. The molecular formula is C22H27F3N6O3. The minimum atomic E-state index is -4.66. The summed E-state index contributed by atoms with van der Waals surface area (Å²) in [7, 11) is 0. The van der Waals surface area contributed by atoms with Crippen molar-refractivity contribution in [3.05, 3.63) is 29.6 Å². The van der Waals surface area contributed by atoms with Gasteiger partial charge in [-0.2, -0.15) is 13.2 Å². The predicted molar refractivity (Wildman–Crippen MR) is 119 cm³/mol. The lowest BCUT2D eigenvalue weighted by Crippen LogP contribution is -2.55. The fourth-order valence-electron chi connectivity index (χ4n) is 3.68. The Labute approximate surface area is 195 Å². The molecule has 34 heavy (non-hydrogen) atoms. The summed E-state index contributed by atoms with van der Waals surface area (Å²) >= 11 is 0. The van der Waals surface area contributed by atoms with Gasteiger partial charge in [-0.15, -0.1) is 0 Å². The minimum absolute atomic E-state index is 0.0644. The maximum Gasteiger partial charge on any atom is 0.416 e. The van der Waals surface area contributed by atoms with Crippen molar-refractivity contribution < 1.29 is 27.5 Å². The quantitative estimate of drug-likeness (QED) is 0.658. The van der Waals surface area contributed by atoms with Crippen LogP contribution in [0.25, 0.3) is 11.4 Å². The Bertz CT molecular complexity index is 1070. The van der Waals surface area contributed by atoms with Crippen LogP contribution in [0.15, 0.2) is 18.5 Å². The molecule has 0 bridgehead atoms. The molecule has 1 aliphatic heterocycles. The average molecular weight is 480 g/mol. The third-order valence-corrected chi connectivity index (χ3v) is 5.31. The van der Waals surface area contributed by atoms with E-state index in [9.17, 15) is 22.8 Å². The summed E-state index contributed by atoms with van der Waals surface area (Å²) in [5.74, 6) is -0.0901. The van der Waals surface area contributed by atoms with E-state index in [0.29, 0.717) is 12.7 Å². The lowest BCUT2D eigenvalue weighted by Gasteiger charge is -2.42. The van der Waals surface area contributed by atoms with Crippen molar-refractivity contribution in [1.82, 2.24) is 19.9 Å². The molecule has 3 rings (SSSR count). The largest absolute Gasteiger partial charge is 0.444 e. The summed E-state index contributed by atoms with van der Waals surface area (Å²) in [5.41, 5.74) is 3.74. The molecule has 1 amide bonds. The lowest BCUT2D eigenvalue weighted by atomic mass is 10.1. The first-order valence-electron chi connectivity index (χ1n) is 10.7. The van der Waals surface area contributed by atoms with E-state index in [1.807, 2.05) is 6.92 Å². The summed E-state index contributed by atoms with van der Waals surface area (Å²) in [6.45, 7) is 7.93. The zero-order valence-electron chi connectivity index (χ0n) is 19.4. The second-order valence-electron chi connectivity index (χ2n) is 8.92. The summed E-state index contributed by atoms with van der Waals surface area (Å²) in [5, 5.41) is 0. The number of carbonyl (C=O) groups is 2. The molecular weight excluding hydrogens is 453 g/mol.